The van der Waals surface area contributed by atoms with Crippen molar-refractivity contribution in [3.63, 3.8) is 0 Å². The molecule has 1 heterocycles. The largest absolute Gasteiger partial charge is 0.481 e. The molecule has 0 radical (unpaired) electrons. The Morgan fingerprint density at radius 2 is 1.69 bits per heavy atom. The zero-order chi connectivity index (χ0) is 12.6. The fraction of sp³-hybridized carbons (Fsp3) is 0.545. The minimum absolute atomic E-state index is 0.0141. The van der Waals surface area contributed by atoms with Crippen LogP contribution in [0.4, 0.5) is 13.2 Å². The number of hydrogen-bond acceptors (Lipinski definition) is 2. The highest BCUT2D eigenvalue weighted by molar-refractivity contribution is 5.30. The number of rotatable bonds is 1. The van der Waals surface area contributed by atoms with Crippen LogP contribution in [-0.2, 0) is 11.6 Å². The molecule has 1 aromatic heterocycles. The van der Waals surface area contributed by atoms with Gasteiger partial charge in [0.25, 0.3) is 0 Å². The van der Waals surface area contributed by atoms with Gasteiger partial charge in [-0.1, -0.05) is 20.8 Å². The SMILES string of the molecule is COc1cc(C(F)(F)F)cc(C(C)(C)C)n1. The minimum atomic E-state index is -4.38. The van der Waals surface area contributed by atoms with Gasteiger partial charge in [0.2, 0.25) is 5.88 Å². The maximum absolute atomic E-state index is 12.6. The average molecular weight is 233 g/mol. The van der Waals surface area contributed by atoms with Crippen molar-refractivity contribution in [1.82, 2.24) is 4.98 Å². The summed E-state index contributed by atoms with van der Waals surface area (Å²) in [6, 6.07) is 1.96. The van der Waals surface area contributed by atoms with Crippen LogP contribution in [0.3, 0.4) is 0 Å². The summed E-state index contributed by atoms with van der Waals surface area (Å²) in [6.07, 6.45) is -4.38. The van der Waals surface area contributed by atoms with Crippen molar-refractivity contribution in [1.29, 1.82) is 0 Å². The van der Waals surface area contributed by atoms with E-state index in [0.29, 0.717) is 5.69 Å². The number of nitrogens with zero attached hydrogens (tertiary/aromatic N) is 1. The van der Waals surface area contributed by atoms with Gasteiger partial charge in [-0.25, -0.2) is 4.98 Å². The molecule has 1 rings (SSSR count). The molecular formula is C11H14F3NO. The summed E-state index contributed by atoms with van der Waals surface area (Å²) in [5.41, 5.74) is -0.822. The summed E-state index contributed by atoms with van der Waals surface area (Å²) in [5.74, 6) is -0.0141. The molecule has 90 valence electrons. The second-order valence-electron chi connectivity index (χ2n) is 4.53. The van der Waals surface area contributed by atoms with Gasteiger partial charge in [-0.15, -0.1) is 0 Å². The molecule has 0 bridgehead atoms. The van der Waals surface area contributed by atoms with Crippen LogP contribution in [0.5, 0.6) is 5.88 Å². The summed E-state index contributed by atoms with van der Waals surface area (Å²) >= 11 is 0. The number of aromatic nitrogens is 1. The predicted octanol–water partition coefficient (Wildman–Crippen LogP) is 3.41. The third kappa shape index (κ3) is 2.87. The van der Waals surface area contributed by atoms with Crippen molar-refractivity contribution in [2.24, 2.45) is 0 Å². The quantitative estimate of drug-likeness (QED) is 0.741. The molecule has 0 N–H and O–H groups in total. The number of pyridine rings is 1. The highest BCUT2D eigenvalue weighted by Gasteiger charge is 2.33. The topological polar surface area (TPSA) is 22.1 Å². The number of halogens is 3. The van der Waals surface area contributed by atoms with Gasteiger partial charge in [0.05, 0.1) is 18.4 Å². The van der Waals surface area contributed by atoms with E-state index < -0.39 is 17.2 Å². The zero-order valence-electron chi connectivity index (χ0n) is 9.64. The van der Waals surface area contributed by atoms with Gasteiger partial charge in [0.1, 0.15) is 0 Å². The first-order valence-corrected chi connectivity index (χ1v) is 4.78. The molecule has 1 aromatic rings. The Labute approximate surface area is 92.5 Å². The van der Waals surface area contributed by atoms with E-state index in [4.69, 9.17) is 4.74 Å². The molecular weight excluding hydrogens is 219 g/mol. The fourth-order valence-corrected chi connectivity index (χ4v) is 1.16. The third-order valence-electron chi connectivity index (χ3n) is 2.11. The molecule has 0 saturated carbocycles. The maximum atomic E-state index is 12.6. The Morgan fingerprint density at radius 3 is 2.06 bits per heavy atom. The lowest BCUT2D eigenvalue weighted by Crippen LogP contribution is -2.16. The van der Waals surface area contributed by atoms with E-state index in [1.165, 1.54) is 7.11 Å². The van der Waals surface area contributed by atoms with Crippen LogP contribution in [0.2, 0.25) is 0 Å². The van der Waals surface area contributed by atoms with E-state index in [1.807, 2.05) is 0 Å². The van der Waals surface area contributed by atoms with E-state index in [1.54, 1.807) is 20.8 Å². The summed E-state index contributed by atoms with van der Waals surface area (Å²) in [6.45, 7) is 5.40. The Hall–Kier alpha value is -1.26. The van der Waals surface area contributed by atoms with Crippen molar-refractivity contribution < 1.29 is 17.9 Å². The predicted molar refractivity (Wildman–Crippen MR) is 54.5 cm³/mol. The van der Waals surface area contributed by atoms with Gasteiger partial charge in [-0.05, 0) is 6.07 Å². The van der Waals surface area contributed by atoms with Gasteiger partial charge in [0, 0.05) is 11.5 Å². The first-order valence-electron chi connectivity index (χ1n) is 4.78. The molecule has 0 amide bonds. The summed E-state index contributed by atoms with van der Waals surface area (Å²) in [4.78, 5) is 4.01. The van der Waals surface area contributed by atoms with Gasteiger partial charge >= 0.3 is 6.18 Å². The van der Waals surface area contributed by atoms with Crippen molar-refractivity contribution in [2.75, 3.05) is 7.11 Å². The van der Waals surface area contributed by atoms with Gasteiger partial charge in [-0.3, -0.25) is 0 Å². The maximum Gasteiger partial charge on any atom is 0.416 e. The molecule has 0 saturated heterocycles. The van der Waals surface area contributed by atoms with E-state index in [2.05, 4.69) is 4.98 Å². The Morgan fingerprint density at radius 1 is 1.12 bits per heavy atom. The zero-order valence-corrected chi connectivity index (χ0v) is 9.64. The molecule has 0 aromatic carbocycles. The second-order valence-corrected chi connectivity index (χ2v) is 4.53. The number of methoxy groups -OCH3 is 1. The Balaban J connectivity index is 3.33. The normalized spacial score (nSPS) is 12.7. The highest BCUT2D eigenvalue weighted by atomic mass is 19.4. The molecule has 0 aliphatic carbocycles. The summed E-state index contributed by atoms with van der Waals surface area (Å²) in [7, 11) is 1.30. The third-order valence-corrected chi connectivity index (χ3v) is 2.11. The average Bonchev–Trinajstić information content (AvgIpc) is 2.14. The molecule has 16 heavy (non-hydrogen) atoms. The first-order chi connectivity index (χ1) is 7.14. The molecule has 0 atom stereocenters. The molecule has 0 fully saturated rings. The Bertz CT molecular complexity index is 348. The van der Waals surface area contributed by atoms with Crippen LogP contribution in [-0.4, -0.2) is 12.1 Å². The van der Waals surface area contributed by atoms with Crippen molar-refractivity contribution in [3.8, 4) is 5.88 Å². The van der Waals surface area contributed by atoms with E-state index in [9.17, 15) is 13.2 Å². The molecule has 0 aliphatic heterocycles. The molecule has 5 heteroatoms. The van der Waals surface area contributed by atoms with Crippen LogP contribution in [0, 0.1) is 0 Å². The van der Waals surface area contributed by atoms with Crippen molar-refractivity contribution >= 4 is 0 Å². The van der Waals surface area contributed by atoms with Crippen LogP contribution in [0.25, 0.3) is 0 Å². The van der Waals surface area contributed by atoms with Crippen LogP contribution in [0.1, 0.15) is 32.0 Å². The molecule has 0 aliphatic rings. The van der Waals surface area contributed by atoms with Gasteiger partial charge in [-0.2, -0.15) is 13.2 Å². The van der Waals surface area contributed by atoms with Crippen LogP contribution in [0.15, 0.2) is 12.1 Å². The van der Waals surface area contributed by atoms with E-state index in [-0.39, 0.29) is 5.88 Å². The second kappa shape index (κ2) is 3.96. The lowest BCUT2D eigenvalue weighted by molar-refractivity contribution is -0.137. The Kier molecular flexibility index (Phi) is 3.17. The van der Waals surface area contributed by atoms with Crippen LogP contribution >= 0.6 is 0 Å². The van der Waals surface area contributed by atoms with Crippen LogP contribution < -0.4 is 4.74 Å². The smallest absolute Gasteiger partial charge is 0.416 e. The van der Waals surface area contributed by atoms with Crippen molar-refractivity contribution in [3.05, 3.63) is 23.4 Å². The highest BCUT2D eigenvalue weighted by Crippen LogP contribution is 2.34. The minimum Gasteiger partial charge on any atom is -0.481 e. The monoisotopic (exact) mass is 233 g/mol. The van der Waals surface area contributed by atoms with E-state index >= 15 is 0 Å². The molecule has 0 unspecified atom stereocenters. The number of alkyl halides is 3. The van der Waals surface area contributed by atoms with Gasteiger partial charge in [0.15, 0.2) is 0 Å². The van der Waals surface area contributed by atoms with Crippen molar-refractivity contribution in [2.45, 2.75) is 32.4 Å². The summed E-state index contributed by atoms with van der Waals surface area (Å²) in [5, 5.41) is 0. The lowest BCUT2D eigenvalue weighted by Gasteiger charge is -2.20. The van der Waals surface area contributed by atoms with E-state index in [0.717, 1.165) is 12.1 Å². The molecule has 0 spiro atoms. The summed E-state index contributed by atoms with van der Waals surface area (Å²) < 4.78 is 42.5. The van der Waals surface area contributed by atoms with Gasteiger partial charge < -0.3 is 4.74 Å². The first kappa shape index (κ1) is 12.8. The lowest BCUT2D eigenvalue weighted by atomic mass is 9.91. The fourth-order valence-electron chi connectivity index (χ4n) is 1.16. The molecule has 2 nitrogen and oxygen atoms in total. The number of hydrogen-bond donors (Lipinski definition) is 0. The standard InChI is InChI=1S/C11H14F3NO/c1-10(2,3)8-5-7(11(12,13)14)6-9(15-8)16-4/h5-6H,1-4H3. The number of ether oxygens (including phenoxy) is 1.